The molecule has 0 bridgehead atoms. The smallest absolute Gasteiger partial charge is 0.336 e. The van der Waals surface area contributed by atoms with E-state index >= 15 is 0 Å². The molecule has 0 aromatic heterocycles. The van der Waals surface area contributed by atoms with E-state index in [0.29, 0.717) is 11.5 Å². The SMILES string of the molecule is COc1cc(C=CCO)cc(OC)c1OC(=O)C=Cc1ccc(O)cc1. The number of esters is 1. The van der Waals surface area contributed by atoms with E-state index in [4.69, 9.17) is 19.3 Å². The molecule has 2 aromatic rings. The van der Waals surface area contributed by atoms with Gasteiger partial charge >= 0.3 is 5.97 Å². The minimum Gasteiger partial charge on any atom is -0.508 e. The van der Waals surface area contributed by atoms with Crippen molar-refractivity contribution in [3.05, 3.63) is 59.7 Å². The maximum Gasteiger partial charge on any atom is 0.336 e. The van der Waals surface area contributed by atoms with Gasteiger partial charge in [-0.2, -0.15) is 0 Å². The lowest BCUT2D eigenvalue weighted by Gasteiger charge is -2.13. The molecular formula is C20H20O6. The number of aliphatic hydroxyl groups is 1. The van der Waals surface area contributed by atoms with Crippen molar-refractivity contribution in [2.24, 2.45) is 0 Å². The van der Waals surface area contributed by atoms with E-state index in [1.54, 1.807) is 42.5 Å². The number of phenolic OH excluding ortho intramolecular Hbond substituents is 1. The first kappa shape index (κ1) is 19.1. The molecular weight excluding hydrogens is 336 g/mol. The summed E-state index contributed by atoms with van der Waals surface area (Å²) in [6.45, 7) is -0.0938. The standard InChI is InChI=1S/C20H20O6/c1-24-17-12-15(4-3-11-21)13-18(25-2)20(17)26-19(23)10-7-14-5-8-16(22)9-6-14/h3-10,12-13,21-22H,11H2,1-2H3. The van der Waals surface area contributed by atoms with Crippen molar-refractivity contribution in [3.63, 3.8) is 0 Å². The van der Waals surface area contributed by atoms with E-state index in [-0.39, 0.29) is 18.1 Å². The molecule has 0 radical (unpaired) electrons. The Morgan fingerprint density at radius 2 is 1.62 bits per heavy atom. The van der Waals surface area contributed by atoms with Crippen LogP contribution in [0.1, 0.15) is 11.1 Å². The summed E-state index contributed by atoms with van der Waals surface area (Å²) in [6.07, 6.45) is 6.10. The van der Waals surface area contributed by atoms with E-state index in [1.807, 2.05) is 0 Å². The lowest BCUT2D eigenvalue weighted by molar-refractivity contribution is -0.129. The molecule has 2 rings (SSSR count). The fourth-order valence-corrected chi connectivity index (χ4v) is 2.17. The summed E-state index contributed by atoms with van der Waals surface area (Å²) in [7, 11) is 2.91. The van der Waals surface area contributed by atoms with Gasteiger partial charge in [-0.1, -0.05) is 24.3 Å². The lowest BCUT2D eigenvalue weighted by atomic mass is 10.1. The highest BCUT2D eigenvalue weighted by Gasteiger charge is 2.16. The number of benzene rings is 2. The monoisotopic (exact) mass is 356 g/mol. The van der Waals surface area contributed by atoms with Crippen LogP contribution in [0.5, 0.6) is 23.0 Å². The first-order chi connectivity index (χ1) is 12.6. The van der Waals surface area contributed by atoms with Gasteiger partial charge in [0.05, 0.1) is 20.8 Å². The molecule has 6 heteroatoms. The molecule has 2 N–H and O–H groups in total. The molecule has 0 fully saturated rings. The number of carbonyl (C=O) groups is 1. The van der Waals surface area contributed by atoms with Crippen molar-refractivity contribution in [1.82, 2.24) is 0 Å². The third kappa shape index (κ3) is 5.12. The van der Waals surface area contributed by atoms with Crippen molar-refractivity contribution >= 4 is 18.1 Å². The van der Waals surface area contributed by atoms with Gasteiger partial charge in [0.2, 0.25) is 5.75 Å². The Morgan fingerprint density at radius 1 is 1.00 bits per heavy atom. The second kappa shape index (κ2) is 9.29. The zero-order chi connectivity index (χ0) is 18.9. The van der Waals surface area contributed by atoms with Crippen molar-refractivity contribution in [2.45, 2.75) is 0 Å². The molecule has 0 aliphatic rings. The summed E-state index contributed by atoms with van der Waals surface area (Å²) in [6, 6.07) is 9.72. The quantitative estimate of drug-likeness (QED) is 0.451. The Morgan fingerprint density at radius 3 is 2.15 bits per heavy atom. The molecule has 0 spiro atoms. The number of phenols is 1. The Balaban J connectivity index is 2.22. The summed E-state index contributed by atoms with van der Waals surface area (Å²) in [5, 5.41) is 18.1. The number of hydrogen-bond acceptors (Lipinski definition) is 6. The maximum atomic E-state index is 12.1. The molecule has 136 valence electrons. The number of ether oxygens (including phenoxy) is 3. The van der Waals surface area contributed by atoms with Crippen LogP contribution in [0, 0.1) is 0 Å². The van der Waals surface area contributed by atoms with Crippen molar-refractivity contribution in [1.29, 1.82) is 0 Å². The molecule has 0 saturated carbocycles. The second-order valence-corrected chi connectivity index (χ2v) is 5.19. The highest BCUT2D eigenvalue weighted by molar-refractivity contribution is 5.89. The van der Waals surface area contributed by atoms with Crippen LogP contribution in [0.3, 0.4) is 0 Å². The number of aliphatic hydroxyl groups excluding tert-OH is 1. The Labute approximate surface area is 151 Å². The van der Waals surface area contributed by atoms with Gasteiger partial charge in [0.15, 0.2) is 11.5 Å². The molecule has 0 atom stereocenters. The van der Waals surface area contributed by atoms with Gasteiger partial charge < -0.3 is 24.4 Å². The van der Waals surface area contributed by atoms with Gasteiger partial charge in [0, 0.05) is 6.08 Å². The van der Waals surface area contributed by atoms with E-state index in [0.717, 1.165) is 11.1 Å². The summed E-state index contributed by atoms with van der Waals surface area (Å²) in [5.41, 5.74) is 1.47. The molecule has 0 aliphatic carbocycles. The van der Waals surface area contributed by atoms with Crippen LogP contribution >= 0.6 is 0 Å². The lowest BCUT2D eigenvalue weighted by Crippen LogP contribution is -2.06. The predicted molar refractivity (Wildman–Crippen MR) is 98.4 cm³/mol. The van der Waals surface area contributed by atoms with Gasteiger partial charge in [-0.15, -0.1) is 0 Å². The van der Waals surface area contributed by atoms with Crippen molar-refractivity contribution in [3.8, 4) is 23.0 Å². The topological polar surface area (TPSA) is 85.2 Å². The summed E-state index contributed by atoms with van der Waals surface area (Å²) in [4.78, 5) is 12.1. The van der Waals surface area contributed by atoms with E-state index in [2.05, 4.69) is 0 Å². The molecule has 0 saturated heterocycles. The maximum absolute atomic E-state index is 12.1. The first-order valence-corrected chi connectivity index (χ1v) is 7.79. The van der Waals surface area contributed by atoms with Gasteiger partial charge in [-0.05, 0) is 41.5 Å². The molecule has 0 amide bonds. The van der Waals surface area contributed by atoms with Gasteiger partial charge in [0.25, 0.3) is 0 Å². The Hall–Kier alpha value is -3.25. The number of carbonyl (C=O) groups excluding carboxylic acids is 1. The Kier molecular flexibility index (Phi) is 6.82. The van der Waals surface area contributed by atoms with Gasteiger partial charge in [-0.25, -0.2) is 4.79 Å². The number of aromatic hydroxyl groups is 1. The molecule has 26 heavy (non-hydrogen) atoms. The van der Waals surface area contributed by atoms with E-state index in [1.165, 1.54) is 32.4 Å². The largest absolute Gasteiger partial charge is 0.508 e. The van der Waals surface area contributed by atoms with Crippen LogP contribution in [0.25, 0.3) is 12.2 Å². The molecule has 0 unspecified atom stereocenters. The first-order valence-electron chi connectivity index (χ1n) is 7.79. The number of rotatable bonds is 7. The summed E-state index contributed by atoms with van der Waals surface area (Å²) in [5.74, 6) is 0.362. The van der Waals surface area contributed by atoms with Crippen molar-refractivity contribution in [2.75, 3.05) is 20.8 Å². The second-order valence-electron chi connectivity index (χ2n) is 5.19. The van der Waals surface area contributed by atoms with E-state index < -0.39 is 5.97 Å². The average molecular weight is 356 g/mol. The van der Waals surface area contributed by atoms with Gasteiger partial charge in [-0.3, -0.25) is 0 Å². The molecule has 0 heterocycles. The van der Waals surface area contributed by atoms with Crippen LogP contribution in [-0.4, -0.2) is 37.0 Å². The number of methoxy groups -OCH3 is 2. The average Bonchev–Trinajstić information content (AvgIpc) is 2.66. The normalized spacial score (nSPS) is 11.0. The third-order valence-electron chi connectivity index (χ3n) is 3.41. The van der Waals surface area contributed by atoms with Crippen LogP contribution in [0.2, 0.25) is 0 Å². The minimum absolute atomic E-state index is 0.0938. The highest BCUT2D eigenvalue weighted by atomic mass is 16.6. The van der Waals surface area contributed by atoms with Crippen LogP contribution in [-0.2, 0) is 4.79 Å². The fourth-order valence-electron chi connectivity index (χ4n) is 2.17. The van der Waals surface area contributed by atoms with Crippen LogP contribution < -0.4 is 14.2 Å². The number of hydrogen-bond donors (Lipinski definition) is 2. The molecule has 6 nitrogen and oxygen atoms in total. The van der Waals surface area contributed by atoms with E-state index in [9.17, 15) is 9.90 Å². The molecule has 0 aliphatic heterocycles. The summed E-state index contributed by atoms with van der Waals surface area (Å²) >= 11 is 0. The fraction of sp³-hybridized carbons (Fsp3) is 0.150. The van der Waals surface area contributed by atoms with Crippen molar-refractivity contribution < 1.29 is 29.2 Å². The third-order valence-corrected chi connectivity index (χ3v) is 3.41. The Bertz CT molecular complexity index is 781. The minimum atomic E-state index is -0.603. The zero-order valence-electron chi connectivity index (χ0n) is 14.5. The summed E-state index contributed by atoms with van der Waals surface area (Å²) < 4.78 is 15.9. The van der Waals surface area contributed by atoms with Gasteiger partial charge in [0.1, 0.15) is 5.75 Å². The van der Waals surface area contributed by atoms with Crippen LogP contribution in [0.4, 0.5) is 0 Å². The van der Waals surface area contributed by atoms with Crippen LogP contribution in [0.15, 0.2) is 48.6 Å². The highest BCUT2D eigenvalue weighted by Crippen LogP contribution is 2.39. The molecule has 2 aromatic carbocycles. The zero-order valence-corrected chi connectivity index (χ0v) is 14.5. The predicted octanol–water partition coefficient (Wildman–Crippen LogP) is 3.03.